The van der Waals surface area contributed by atoms with Gasteiger partial charge in [-0.3, -0.25) is 4.90 Å². The van der Waals surface area contributed by atoms with Crippen LogP contribution in [0.5, 0.6) is 0 Å². The summed E-state index contributed by atoms with van der Waals surface area (Å²) in [5.74, 6) is 1.09. The number of hydrogen-bond acceptors (Lipinski definition) is 5. The second-order valence-corrected chi connectivity index (χ2v) is 5.74. The van der Waals surface area contributed by atoms with Crippen LogP contribution < -0.4 is 0 Å². The second-order valence-electron chi connectivity index (χ2n) is 5.74. The molecule has 2 unspecified atom stereocenters. The molecule has 1 N–H and O–H groups in total. The molecule has 2 aromatic rings. The Balaban J connectivity index is 1.65. The molecule has 1 aliphatic heterocycles. The Kier molecular flexibility index (Phi) is 5.09. The van der Waals surface area contributed by atoms with E-state index in [-0.39, 0.29) is 6.04 Å². The zero-order chi connectivity index (χ0) is 16.1. The molecule has 0 amide bonds. The predicted molar refractivity (Wildman–Crippen MR) is 84.5 cm³/mol. The van der Waals surface area contributed by atoms with Crippen LogP contribution in [0.25, 0.3) is 0 Å². The monoisotopic (exact) mass is 312 g/mol. The van der Waals surface area contributed by atoms with Gasteiger partial charge in [0.15, 0.2) is 0 Å². The van der Waals surface area contributed by atoms with E-state index >= 15 is 0 Å². The number of rotatable bonds is 5. The van der Waals surface area contributed by atoms with E-state index < -0.39 is 6.10 Å². The fourth-order valence-corrected chi connectivity index (χ4v) is 2.91. The summed E-state index contributed by atoms with van der Waals surface area (Å²) in [5.41, 5.74) is 0.919. The molecule has 2 heterocycles. The third-order valence-corrected chi connectivity index (χ3v) is 4.16. The molecule has 1 aromatic carbocycles. The molecule has 23 heavy (non-hydrogen) atoms. The van der Waals surface area contributed by atoms with Gasteiger partial charge in [-0.25, -0.2) is 0 Å². The van der Waals surface area contributed by atoms with Gasteiger partial charge in [0.05, 0.1) is 25.9 Å². The molecule has 5 nitrogen and oxygen atoms in total. The molecule has 3 rings (SSSR count). The van der Waals surface area contributed by atoms with E-state index in [1.165, 1.54) is 0 Å². The fourth-order valence-electron chi connectivity index (χ4n) is 2.91. The summed E-state index contributed by atoms with van der Waals surface area (Å²) in [6, 6.07) is 15.3. The topological polar surface area (TPSA) is 69.6 Å². The fraction of sp³-hybridized carbons (Fsp3) is 0.389. The zero-order valence-electron chi connectivity index (χ0n) is 12.9. The van der Waals surface area contributed by atoms with E-state index in [1.807, 2.05) is 42.5 Å². The van der Waals surface area contributed by atoms with Crippen molar-refractivity contribution in [1.29, 1.82) is 5.26 Å². The van der Waals surface area contributed by atoms with E-state index in [1.54, 1.807) is 6.07 Å². The minimum Gasteiger partial charge on any atom is -0.449 e. The maximum atomic E-state index is 10.5. The Hall–Kier alpha value is -2.13. The van der Waals surface area contributed by atoms with Gasteiger partial charge in [0.1, 0.15) is 11.8 Å². The number of aliphatic hydroxyl groups is 1. The number of furan rings is 1. The summed E-state index contributed by atoms with van der Waals surface area (Å²) >= 11 is 0. The first-order valence-electron chi connectivity index (χ1n) is 7.80. The summed E-state index contributed by atoms with van der Waals surface area (Å²) in [5, 5.41) is 19.3. The minimum atomic E-state index is -0.517. The summed E-state index contributed by atoms with van der Waals surface area (Å²) in [7, 11) is 0. The first-order valence-corrected chi connectivity index (χ1v) is 7.80. The molecule has 0 bridgehead atoms. The van der Waals surface area contributed by atoms with Crippen LogP contribution in [0.15, 0.2) is 46.9 Å². The lowest BCUT2D eigenvalue weighted by Gasteiger charge is -2.36. The highest BCUT2D eigenvalue weighted by atomic mass is 16.5. The number of nitriles is 1. The van der Waals surface area contributed by atoms with Crippen molar-refractivity contribution >= 4 is 0 Å². The van der Waals surface area contributed by atoms with Crippen molar-refractivity contribution in [2.75, 3.05) is 19.8 Å². The largest absolute Gasteiger partial charge is 0.449 e. The summed E-state index contributed by atoms with van der Waals surface area (Å²) in [6.07, 6.45) is 0.0900. The van der Waals surface area contributed by atoms with Gasteiger partial charge >= 0.3 is 0 Å². The SMILES string of the molecule is N#Cc1ccc(CN2CCOCC2CC(O)c2ccccc2)o1. The van der Waals surface area contributed by atoms with E-state index in [4.69, 9.17) is 14.4 Å². The van der Waals surface area contributed by atoms with Crippen LogP contribution in [-0.2, 0) is 11.3 Å². The van der Waals surface area contributed by atoms with Gasteiger partial charge in [-0.1, -0.05) is 30.3 Å². The molecule has 1 aliphatic rings. The first kappa shape index (κ1) is 15.8. The van der Waals surface area contributed by atoms with Gasteiger partial charge in [0, 0.05) is 12.6 Å². The van der Waals surface area contributed by atoms with Crippen molar-refractivity contribution in [2.24, 2.45) is 0 Å². The molecule has 0 radical (unpaired) electrons. The molecule has 0 saturated carbocycles. The van der Waals surface area contributed by atoms with Crippen molar-refractivity contribution in [3.8, 4) is 6.07 Å². The van der Waals surface area contributed by atoms with Crippen LogP contribution in [-0.4, -0.2) is 35.8 Å². The van der Waals surface area contributed by atoms with Crippen LogP contribution in [0.1, 0.15) is 29.6 Å². The van der Waals surface area contributed by atoms with E-state index in [0.29, 0.717) is 31.9 Å². The number of hydrogen-bond donors (Lipinski definition) is 1. The van der Waals surface area contributed by atoms with Crippen molar-refractivity contribution in [3.05, 3.63) is 59.5 Å². The molecule has 1 saturated heterocycles. The minimum absolute atomic E-state index is 0.120. The van der Waals surface area contributed by atoms with E-state index in [0.717, 1.165) is 17.9 Å². The third-order valence-electron chi connectivity index (χ3n) is 4.16. The first-order chi connectivity index (χ1) is 11.3. The molecule has 0 aliphatic carbocycles. The molecule has 120 valence electrons. The highest BCUT2D eigenvalue weighted by molar-refractivity contribution is 5.19. The Morgan fingerprint density at radius 3 is 2.83 bits per heavy atom. The molecular formula is C18H20N2O3. The van der Waals surface area contributed by atoms with Crippen LogP contribution in [0.4, 0.5) is 0 Å². The number of benzene rings is 1. The van der Waals surface area contributed by atoms with Gasteiger partial charge in [0.2, 0.25) is 5.76 Å². The predicted octanol–water partition coefficient (Wildman–Crippen LogP) is 2.48. The zero-order valence-corrected chi connectivity index (χ0v) is 12.9. The van der Waals surface area contributed by atoms with Crippen molar-refractivity contribution in [3.63, 3.8) is 0 Å². The molecule has 2 atom stereocenters. The second kappa shape index (κ2) is 7.42. The van der Waals surface area contributed by atoms with Crippen LogP contribution >= 0.6 is 0 Å². The summed E-state index contributed by atoms with van der Waals surface area (Å²) in [6.45, 7) is 2.67. The average Bonchev–Trinajstić information content (AvgIpc) is 3.05. The third kappa shape index (κ3) is 3.99. The molecule has 1 aromatic heterocycles. The number of ether oxygens (including phenoxy) is 1. The highest BCUT2D eigenvalue weighted by Crippen LogP contribution is 2.24. The van der Waals surface area contributed by atoms with Crippen molar-refractivity contribution in [2.45, 2.75) is 25.1 Å². The van der Waals surface area contributed by atoms with Gasteiger partial charge in [-0.2, -0.15) is 5.26 Å². The number of nitrogens with zero attached hydrogens (tertiary/aromatic N) is 2. The quantitative estimate of drug-likeness (QED) is 0.918. The summed E-state index contributed by atoms with van der Waals surface area (Å²) < 4.78 is 11.0. The lowest BCUT2D eigenvalue weighted by molar-refractivity contribution is -0.0323. The Bertz CT molecular complexity index is 662. The lowest BCUT2D eigenvalue weighted by Crippen LogP contribution is -2.45. The van der Waals surface area contributed by atoms with Gasteiger partial charge < -0.3 is 14.3 Å². The molecule has 0 spiro atoms. The van der Waals surface area contributed by atoms with Crippen LogP contribution in [0, 0.1) is 11.3 Å². The number of morpholine rings is 1. The maximum absolute atomic E-state index is 10.5. The average molecular weight is 312 g/mol. The van der Waals surface area contributed by atoms with Gasteiger partial charge in [-0.15, -0.1) is 0 Å². The van der Waals surface area contributed by atoms with Crippen molar-refractivity contribution < 1.29 is 14.3 Å². The smallest absolute Gasteiger partial charge is 0.203 e. The van der Waals surface area contributed by atoms with Gasteiger partial charge in [0.25, 0.3) is 0 Å². The normalized spacial score (nSPS) is 20.1. The Morgan fingerprint density at radius 1 is 1.26 bits per heavy atom. The maximum Gasteiger partial charge on any atom is 0.203 e. The van der Waals surface area contributed by atoms with Gasteiger partial charge in [-0.05, 0) is 24.1 Å². The van der Waals surface area contributed by atoms with Crippen molar-refractivity contribution in [1.82, 2.24) is 4.90 Å². The Morgan fingerprint density at radius 2 is 2.09 bits per heavy atom. The van der Waals surface area contributed by atoms with E-state index in [2.05, 4.69) is 4.90 Å². The Labute approximate surface area is 135 Å². The standard InChI is InChI=1S/C18H20N2O3/c19-11-16-6-7-17(23-16)12-20-8-9-22-13-15(20)10-18(21)14-4-2-1-3-5-14/h1-7,15,18,21H,8-10,12-13H2. The highest BCUT2D eigenvalue weighted by Gasteiger charge is 2.26. The molecule has 1 fully saturated rings. The number of aliphatic hydroxyl groups excluding tert-OH is 1. The van der Waals surface area contributed by atoms with Crippen LogP contribution in [0.3, 0.4) is 0 Å². The van der Waals surface area contributed by atoms with Crippen LogP contribution in [0.2, 0.25) is 0 Å². The lowest BCUT2D eigenvalue weighted by atomic mass is 10.0. The molecule has 5 heteroatoms. The van der Waals surface area contributed by atoms with E-state index in [9.17, 15) is 5.11 Å². The summed E-state index contributed by atoms with van der Waals surface area (Å²) in [4.78, 5) is 2.25. The molecular weight excluding hydrogens is 292 g/mol.